The van der Waals surface area contributed by atoms with Gasteiger partial charge in [0, 0.05) is 15.4 Å². The van der Waals surface area contributed by atoms with Gasteiger partial charge < -0.3 is 5.11 Å². The van der Waals surface area contributed by atoms with Crippen LogP contribution in [0.25, 0.3) is 22.2 Å². The second-order valence-corrected chi connectivity index (χ2v) is 5.40. The first-order chi connectivity index (χ1) is 9.49. The summed E-state index contributed by atoms with van der Waals surface area (Å²) in [4.78, 5) is 0. The van der Waals surface area contributed by atoms with Crippen LogP contribution in [0.1, 0.15) is 5.56 Å². The van der Waals surface area contributed by atoms with E-state index in [0.29, 0.717) is 11.1 Å². The number of hydrogen-bond donors (Lipinski definition) is 2. The number of phenols is 1. The maximum atomic E-state index is 14.1. The second-order valence-electron chi connectivity index (χ2n) is 4.48. The molecule has 2 aromatic carbocycles. The van der Waals surface area contributed by atoms with E-state index in [1.807, 2.05) is 0 Å². The number of benzene rings is 2. The van der Waals surface area contributed by atoms with Gasteiger partial charge in [-0.05, 0) is 36.8 Å². The molecule has 0 aliphatic heterocycles. The third kappa shape index (κ3) is 1.87. The third-order valence-electron chi connectivity index (χ3n) is 3.14. The van der Waals surface area contributed by atoms with E-state index in [1.165, 1.54) is 13.0 Å². The number of fused-ring (bicyclic) bond motifs is 1. The maximum Gasteiger partial charge on any atom is 0.188 e. The fraction of sp³-hybridized carbons (Fsp3) is 0.0714. The summed E-state index contributed by atoms with van der Waals surface area (Å²) in [6.45, 7) is 1.46. The van der Waals surface area contributed by atoms with Crippen molar-refractivity contribution >= 4 is 26.8 Å². The molecule has 20 heavy (non-hydrogen) atoms. The molecule has 2 N–H and O–H groups in total. The number of rotatable bonds is 1. The zero-order valence-corrected chi connectivity index (χ0v) is 11.9. The number of halogens is 3. The molecule has 0 spiro atoms. The Labute approximate surface area is 121 Å². The van der Waals surface area contributed by atoms with Gasteiger partial charge in [0.2, 0.25) is 0 Å². The summed E-state index contributed by atoms with van der Waals surface area (Å²) in [5.41, 5.74) is 1.28. The van der Waals surface area contributed by atoms with Crippen LogP contribution in [-0.2, 0) is 0 Å². The van der Waals surface area contributed by atoms with Crippen molar-refractivity contribution in [2.24, 2.45) is 0 Å². The molecule has 0 aliphatic carbocycles. The molecule has 0 saturated carbocycles. The molecule has 0 saturated heterocycles. The van der Waals surface area contributed by atoms with Crippen molar-refractivity contribution < 1.29 is 13.9 Å². The van der Waals surface area contributed by atoms with Crippen LogP contribution in [0, 0.1) is 18.6 Å². The molecule has 6 heteroatoms. The molecule has 0 fully saturated rings. The first kappa shape index (κ1) is 13.1. The lowest BCUT2D eigenvalue weighted by atomic mass is 10.0. The summed E-state index contributed by atoms with van der Waals surface area (Å²) >= 11 is 3.33. The lowest BCUT2D eigenvalue weighted by Gasteiger charge is -2.06. The second kappa shape index (κ2) is 4.56. The normalized spacial score (nSPS) is 11.2. The largest absolute Gasteiger partial charge is 0.503 e. The summed E-state index contributed by atoms with van der Waals surface area (Å²) < 4.78 is 28.4. The van der Waals surface area contributed by atoms with Crippen LogP contribution in [0.4, 0.5) is 8.78 Å². The molecule has 0 amide bonds. The molecule has 1 heterocycles. The summed E-state index contributed by atoms with van der Waals surface area (Å²) in [6.07, 6.45) is 0. The molecule has 0 bridgehead atoms. The van der Waals surface area contributed by atoms with Gasteiger partial charge in [-0.3, -0.25) is 5.10 Å². The quantitative estimate of drug-likeness (QED) is 0.695. The van der Waals surface area contributed by atoms with E-state index in [1.54, 1.807) is 18.2 Å². The molecule has 1 aromatic heterocycles. The van der Waals surface area contributed by atoms with E-state index in [9.17, 15) is 13.9 Å². The highest BCUT2D eigenvalue weighted by Gasteiger charge is 2.20. The fourth-order valence-corrected chi connectivity index (χ4v) is 2.48. The Morgan fingerprint density at radius 2 is 1.95 bits per heavy atom. The van der Waals surface area contributed by atoms with Gasteiger partial charge in [-0.2, -0.15) is 5.10 Å². The van der Waals surface area contributed by atoms with Crippen LogP contribution < -0.4 is 0 Å². The smallest absolute Gasteiger partial charge is 0.188 e. The fourth-order valence-electron chi connectivity index (χ4n) is 2.12. The maximum absolute atomic E-state index is 14.1. The van der Waals surface area contributed by atoms with Crippen LogP contribution in [0.2, 0.25) is 0 Å². The Morgan fingerprint density at radius 1 is 1.20 bits per heavy atom. The van der Waals surface area contributed by atoms with Gasteiger partial charge in [0.15, 0.2) is 17.4 Å². The lowest BCUT2D eigenvalue weighted by molar-refractivity contribution is 0.395. The molecule has 0 radical (unpaired) electrons. The summed E-state index contributed by atoms with van der Waals surface area (Å²) in [6, 6.07) is 6.71. The Balaban J connectivity index is 2.31. The first-order valence-electron chi connectivity index (χ1n) is 5.80. The van der Waals surface area contributed by atoms with Crippen LogP contribution in [0.15, 0.2) is 28.7 Å². The number of phenolic OH excluding ortho intramolecular Hbond substituents is 1. The number of hydrogen-bond acceptors (Lipinski definition) is 2. The average molecular weight is 339 g/mol. The Bertz CT molecular complexity index is 830. The highest BCUT2D eigenvalue weighted by Crippen LogP contribution is 2.35. The zero-order chi connectivity index (χ0) is 14.4. The third-order valence-corrected chi connectivity index (χ3v) is 3.63. The predicted octanol–water partition coefficient (Wildman–Crippen LogP) is 4.28. The highest BCUT2D eigenvalue weighted by atomic mass is 79.9. The number of nitrogens with one attached hydrogen (secondary N) is 1. The van der Waals surface area contributed by atoms with Crippen molar-refractivity contribution in [3.05, 3.63) is 45.9 Å². The van der Waals surface area contributed by atoms with Gasteiger partial charge >= 0.3 is 0 Å². The first-order valence-corrected chi connectivity index (χ1v) is 6.60. The van der Waals surface area contributed by atoms with Crippen LogP contribution >= 0.6 is 15.9 Å². The van der Waals surface area contributed by atoms with E-state index < -0.39 is 17.4 Å². The van der Waals surface area contributed by atoms with Gasteiger partial charge in [-0.1, -0.05) is 15.9 Å². The SMILES string of the molecule is Cc1cc(-c2n[nH]c3cc(Br)ccc23)c(F)c(O)c1F. The minimum Gasteiger partial charge on any atom is -0.503 e. The molecule has 0 unspecified atom stereocenters. The molecule has 3 rings (SSSR count). The van der Waals surface area contributed by atoms with Crippen LogP contribution in [0.3, 0.4) is 0 Å². The van der Waals surface area contributed by atoms with Gasteiger partial charge in [-0.25, -0.2) is 8.78 Å². The monoisotopic (exact) mass is 338 g/mol. The standard InChI is InChI=1S/C14H9BrF2N2O/c1-6-4-9(12(17)14(20)11(6)16)13-8-3-2-7(15)5-10(8)18-19-13/h2-5,20H,1H3,(H,18,19). The molecule has 3 aromatic rings. The van der Waals surface area contributed by atoms with Gasteiger partial charge in [0.25, 0.3) is 0 Å². The minimum absolute atomic E-state index is 0.0648. The van der Waals surface area contributed by atoms with Crippen molar-refractivity contribution in [3.63, 3.8) is 0 Å². The van der Waals surface area contributed by atoms with Crippen LogP contribution in [-0.4, -0.2) is 15.3 Å². The van der Waals surface area contributed by atoms with E-state index in [0.717, 1.165) is 9.99 Å². The summed E-state index contributed by atoms with van der Waals surface area (Å²) in [7, 11) is 0. The molecule has 3 nitrogen and oxygen atoms in total. The van der Waals surface area contributed by atoms with Crippen molar-refractivity contribution in [3.8, 4) is 17.0 Å². The molecular weight excluding hydrogens is 330 g/mol. The Kier molecular flexibility index (Phi) is 2.97. The topological polar surface area (TPSA) is 48.9 Å². The van der Waals surface area contributed by atoms with E-state index in [4.69, 9.17) is 0 Å². The van der Waals surface area contributed by atoms with Gasteiger partial charge in [0.1, 0.15) is 5.69 Å². The Morgan fingerprint density at radius 3 is 2.70 bits per heavy atom. The van der Waals surface area contributed by atoms with Crippen LogP contribution in [0.5, 0.6) is 5.75 Å². The van der Waals surface area contributed by atoms with Crippen molar-refractivity contribution in [1.82, 2.24) is 10.2 Å². The predicted molar refractivity (Wildman–Crippen MR) is 75.5 cm³/mol. The summed E-state index contributed by atoms with van der Waals surface area (Å²) in [5, 5.41) is 17.0. The van der Waals surface area contributed by atoms with Crippen molar-refractivity contribution in [1.29, 1.82) is 0 Å². The van der Waals surface area contributed by atoms with E-state index in [-0.39, 0.29) is 11.1 Å². The molecular formula is C14H9BrF2N2O. The highest BCUT2D eigenvalue weighted by molar-refractivity contribution is 9.10. The summed E-state index contributed by atoms with van der Waals surface area (Å²) in [5.74, 6) is -2.94. The lowest BCUT2D eigenvalue weighted by Crippen LogP contribution is -1.93. The number of H-pyrrole nitrogens is 1. The number of aromatic nitrogens is 2. The minimum atomic E-state index is -1.01. The van der Waals surface area contributed by atoms with Crippen molar-refractivity contribution in [2.75, 3.05) is 0 Å². The van der Waals surface area contributed by atoms with Gasteiger partial charge in [0.05, 0.1) is 5.52 Å². The van der Waals surface area contributed by atoms with E-state index >= 15 is 0 Å². The number of aryl methyl sites for hydroxylation is 1. The number of aromatic hydroxyl groups is 1. The van der Waals surface area contributed by atoms with Crippen molar-refractivity contribution in [2.45, 2.75) is 6.92 Å². The average Bonchev–Trinajstić information content (AvgIpc) is 2.83. The van der Waals surface area contributed by atoms with Gasteiger partial charge in [-0.15, -0.1) is 0 Å². The Hall–Kier alpha value is -1.95. The zero-order valence-electron chi connectivity index (χ0n) is 10.3. The number of nitrogens with zero attached hydrogens (tertiary/aromatic N) is 1. The molecule has 0 aliphatic rings. The van der Waals surface area contributed by atoms with E-state index in [2.05, 4.69) is 26.1 Å². The number of aromatic amines is 1. The molecule has 102 valence electrons. The molecule has 0 atom stereocenters.